The van der Waals surface area contributed by atoms with Crippen molar-refractivity contribution in [1.82, 2.24) is 15.5 Å². The smallest absolute Gasteiger partial charge is 0.191 e. The van der Waals surface area contributed by atoms with E-state index in [2.05, 4.69) is 63.0 Å². The maximum Gasteiger partial charge on any atom is 0.191 e. The van der Waals surface area contributed by atoms with Crippen LogP contribution in [0.15, 0.2) is 47.5 Å². The number of ether oxygens (including phenoxy) is 1. The van der Waals surface area contributed by atoms with Crippen LogP contribution in [0, 0.1) is 0 Å². The first kappa shape index (κ1) is 17.7. The molecule has 1 aliphatic rings. The number of hydrogen-bond donors (Lipinski definition) is 2. The van der Waals surface area contributed by atoms with Crippen molar-refractivity contribution in [1.29, 1.82) is 0 Å². The molecule has 0 spiro atoms. The van der Waals surface area contributed by atoms with Crippen LogP contribution >= 0.6 is 0 Å². The Hall–Kier alpha value is -2.11. The average molecular weight is 340 g/mol. The molecule has 2 aromatic rings. The fourth-order valence-electron chi connectivity index (χ4n) is 3.10. The lowest BCUT2D eigenvalue weighted by molar-refractivity contribution is 0.0389. The highest BCUT2D eigenvalue weighted by Crippen LogP contribution is 2.15. The maximum absolute atomic E-state index is 5.37. The summed E-state index contributed by atoms with van der Waals surface area (Å²) in [5.74, 6) is 0.869. The number of morpholine rings is 1. The van der Waals surface area contributed by atoms with Crippen molar-refractivity contribution in [2.75, 3.05) is 53.0 Å². The van der Waals surface area contributed by atoms with Gasteiger partial charge in [0.05, 0.1) is 13.2 Å². The van der Waals surface area contributed by atoms with Crippen LogP contribution in [0.25, 0.3) is 10.8 Å². The Labute approximate surface area is 150 Å². The molecule has 0 saturated carbocycles. The van der Waals surface area contributed by atoms with Crippen molar-refractivity contribution in [2.24, 2.45) is 4.99 Å². The first-order valence-corrected chi connectivity index (χ1v) is 9.07. The quantitative estimate of drug-likeness (QED) is 0.623. The van der Waals surface area contributed by atoms with Gasteiger partial charge in [-0.1, -0.05) is 42.5 Å². The second-order valence-electron chi connectivity index (χ2n) is 6.31. The van der Waals surface area contributed by atoms with Crippen LogP contribution in [-0.2, 0) is 11.2 Å². The molecule has 25 heavy (non-hydrogen) atoms. The molecule has 1 fully saturated rings. The van der Waals surface area contributed by atoms with Crippen molar-refractivity contribution in [3.63, 3.8) is 0 Å². The van der Waals surface area contributed by atoms with Gasteiger partial charge in [0.2, 0.25) is 0 Å². The predicted octanol–water partition coefficient (Wildman–Crippen LogP) is 1.88. The Morgan fingerprint density at radius 3 is 2.60 bits per heavy atom. The zero-order valence-electron chi connectivity index (χ0n) is 15.0. The van der Waals surface area contributed by atoms with Crippen LogP contribution in [0.4, 0.5) is 0 Å². The van der Waals surface area contributed by atoms with E-state index in [-0.39, 0.29) is 0 Å². The average Bonchev–Trinajstić information content (AvgIpc) is 2.67. The van der Waals surface area contributed by atoms with Crippen LogP contribution < -0.4 is 10.6 Å². The van der Waals surface area contributed by atoms with Gasteiger partial charge in [-0.05, 0) is 22.8 Å². The Morgan fingerprint density at radius 2 is 1.80 bits per heavy atom. The Balaban J connectivity index is 1.39. The molecule has 2 aromatic carbocycles. The molecule has 0 aromatic heterocycles. The van der Waals surface area contributed by atoms with Gasteiger partial charge in [-0.3, -0.25) is 9.89 Å². The minimum atomic E-state index is 0.846. The number of nitrogens with one attached hydrogen (secondary N) is 2. The monoisotopic (exact) mass is 340 g/mol. The van der Waals surface area contributed by atoms with E-state index < -0.39 is 0 Å². The second kappa shape index (κ2) is 9.39. The van der Waals surface area contributed by atoms with Gasteiger partial charge in [-0.15, -0.1) is 0 Å². The molecule has 0 amide bonds. The van der Waals surface area contributed by atoms with Crippen molar-refractivity contribution in [3.05, 3.63) is 48.0 Å². The highest BCUT2D eigenvalue weighted by Gasteiger charge is 2.09. The van der Waals surface area contributed by atoms with Gasteiger partial charge >= 0.3 is 0 Å². The van der Waals surface area contributed by atoms with Crippen LogP contribution in [-0.4, -0.2) is 63.8 Å². The van der Waals surface area contributed by atoms with E-state index in [1.54, 1.807) is 0 Å². The van der Waals surface area contributed by atoms with Gasteiger partial charge in [-0.25, -0.2) is 0 Å². The summed E-state index contributed by atoms with van der Waals surface area (Å²) in [6.45, 7) is 6.53. The lowest BCUT2D eigenvalue weighted by atomic mass is 10.1. The number of guanidine groups is 1. The zero-order chi connectivity index (χ0) is 17.3. The molecule has 0 unspecified atom stereocenters. The largest absolute Gasteiger partial charge is 0.379 e. The third-order valence-corrected chi connectivity index (χ3v) is 4.57. The van der Waals surface area contributed by atoms with Crippen LogP contribution in [0.5, 0.6) is 0 Å². The molecular formula is C20H28N4O. The molecule has 5 nitrogen and oxygen atoms in total. The summed E-state index contributed by atoms with van der Waals surface area (Å²) in [5, 5.41) is 9.38. The molecule has 0 aliphatic carbocycles. The van der Waals surface area contributed by atoms with E-state index in [9.17, 15) is 0 Å². The zero-order valence-corrected chi connectivity index (χ0v) is 15.0. The SMILES string of the molecule is CN=C(NCCc1ccc2ccccc2c1)NCCN1CCOCC1. The van der Waals surface area contributed by atoms with Crippen molar-refractivity contribution >= 4 is 16.7 Å². The Kier molecular flexibility index (Phi) is 6.65. The van der Waals surface area contributed by atoms with Gasteiger partial charge in [0.15, 0.2) is 5.96 Å². The molecule has 1 heterocycles. The van der Waals surface area contributed by atoms with E-state index in [1.807, 2.05) is 7.05 Å². The highest BCUT2D eigenvalue weighted by molar-refractivity contribution is 5.83. The van der Waals surface area contributed by atoms with E-state index in [0.717, 1.165) is 58.3 Å². The molecular weight excluding hydrogens is 312 g/mol. The summed E-state index contributed by atoms with van der Waals surface area (Å²) >= 11 is 0. The van der Waals surface area contributed by atoms with Gasteiger partial charge in [0, 0.05) is 39.8 Å². The van der Waals surface area contributed by atoms with Gasteiger partial charge in [0.1, 0.15) is 0 Å². The molecule has 0 bridgehead atoms. The van der Waals surface area contributed by atoms with Gasteiger partial charge < -0.3 is 15.4 Å². The van der Waals surface area contributed by atoms with E-state index in [4.69, 9.17) is 4.74 Å². The molecule has 2 N–H and O–H groups in total. The third-order valence-electron chi connectivity index (χ3n) is 4.57. The molecule has 3 rings (SSSR count). The van der Waals surface area contributed by atoms with E-state index in [1.165, 1.54) is 16.3 Å². The fourth-order valence-corrected chi connectivity index (χ4v) is 3.10. The molecule has 5 heteroatoms. The first-order valence-electron chi connectivity index (χ1n) is 9.07. The number of rotatable bonds is 6. The Bertz CT molecular complexity index is 695. The standard InChI is InChI=1S/C20H28N4O/c1-21-20(23-10-11-24-12-14-25-15-13-24)22-9-8-17-6-7-18-4-2-3-5-19(18)16-17/h2-7,16H,8-15H2,1H3,(H2,21,22,23). The summed E-state index contributed by atoms with van der Waals surface area (Å²) in [5.41, 5.74) is 1.34. The number of aliphatic imine (C=N–C) groups is 1. The summed E-state index contributed by atoms with van der Waals surface area (Å²) in [4.78, 5) is 6.72. The van der Waals surface area contributed by atoms with Crippen molar-refractivity contribution in [3.8, 4) is 0 Å². The minimum Gasteiger partial charge on any atom is -0.379 e. The Morgan fingerprint density at radius 1 is 1.04 bits per heavy atom. The lowest BCUT2D eigenvalue weighted by Crippen LogP contribution is -2.44. The fraction of sp³-hybridized carbons (Fsp3) is 0.450. The summed E-state index contributed by atoms with van der Waals surface area (Å²) in [7, 11) is 1.82. The topological polar surface area (TPSA) is 48.9 Å². The first-order chi connectivity index (χ1) is 12.3. The predicted molar refractivity (Wildman–Crippen MR) is 104 cm³/mol. The van der Waals surface area contributed by atoms with Crippen molar-refractivity contribution < 1.29 is 4.74 Å². The summed E-state index contributed by atoms with van der Waals surface area (Å²) < 4.78 is 5.37. The van der Waals surface area contributed by atoms with Crippen LogP contribution in [0.1, 0.15) is 5.56 Å². The van der Waals surface area contributed by atoms with Crippen LogP contribution in [0.3, 0.4) is 0 Å². The third kappa shape index (κ3) is 5.44. The number of nitrogens with zero attached hydrogens (tertiary/aromatic N) is 2. The van der Waals surface area contributed by atoms with Gasteiger partial charge in [-0.2, -0.15) is 0 Å². The molecule has 134 valence electrons. The number of benzene rings is 2. The normalized spacial score (nSPS) is 16.1. The summed E-state index contributed by atoms with van der Waals surface area (Å²) in [6.07, 6.45) is 0.981. The van der Waals surface area contributed by atoms with Gasteiger partial charge in [0.25, 0.3) is 0 Å². The van der Waals surface area contributed by atoms with E-state index in [0.29, 0.717) is 0 Å². The summed E-state index contributed by atoms with van der Waals surface area (Å²) in [6, 6.07) is 15.2. The van der Waals surface area contributed by atoms with Crippen LogP contribution in [0.2, 0.25) is 0 Å². The number of fused-ring (bicyclic) bond motifs is 1. The molecule has 0 atom stereocenters. The maximum atomic E-state index is 5.37. The second-order valence-corrected chi connectivity index (χ2v) is 6.31. The van der Waals surface area contributed by atoms with Crippen molar-refractivity contribution in [2.45, 2.75) is 6.42 Å². The minimum absolute atomic E-state index is 0.846. The lowest BCUT2D eigenvalue weighted by Gasteiger charge is -2.26. The molecule has 0 radical (unpaired) electrons. The van der Waals surface area contributed by atoms with E-state index >= 15 is 0 Å². The number of hydrogen-bond acceptors (Lipinski definition) is 3. The molecule has 1 aliphatic heterocycles. The molecule has 1 saturated heterocycles. The highest BCUT2D eigenvalue weighted by atomic mass is 16.5.